The summed E-state index contributed by atoms with van der Waals surface area (Å²) >= 11 is 0. The van der Waals surface area contributed by atoms with Gasteiger partial charge in [0.05, 0.1) is 19.1 Å². The van der Waals surface area contributed by atoms with Crippen LogP contribution < -0.4 is 15.5 Å². The third kappa shape index (κ3) is 5.68. The molecule has 1 saturated carbocycles. The molecule has 2 heterocycles. The fourth-order valence-electron chi connectivity index (χ4n) is 4.22. The molecule has 9 nitrogen and oxygen atoms in total. The normalized spacial score (nSPS) is 14.3. The van der Waals surface area contributed by atoms with Crippen molar-refractivity contribution < 1.29 is 28.0 Å². The van der Waals surface area contributed by atoms with Crippen LogP contribution in [0.15, 0.2) is 69.9 Å². The molecule has 0 aliphatic heterocycles. The molecule has 35 heavy (non-hydrogen) atoms. The maximum Gasteiger partial charge on any atom is 0.287 e. The van der Waals surface area contributed by atoms with E-state index in [1.807, 2.05) is 0 Å². The Morgan fingerprint density at radius 2 is 1.74 bits per heavy atom. The van der Waals surface area contributed by atoms with E-state index in [1.165, 1.54) is 30.4 Å². The molecule has 0 unspecified atom stereocenters. The summed E-state index contributed by atoms with van der Waals surface area (Å²) < 4.78 is 10.7. The topological polar surface area (TPSA) is 122 Å². The first-order valence-electron chi connectivity index (χ1n) is 11.5. The van der Waals surface area contributed by atoms with E-state index in [2.05, 4.69) is 10.6 Å². The zero-order valence-corrected chi connectivity index (χ0v) is 19.4. The molecular formula is C26H27N3O6. The highest BCUT2D eigenvalue weighted by atomic mass is 16.3. The lowest BCUT2D eigenvalue weighted by atomic mass is 10.1. The van der Waals surface area contributed by atoms with Gasteiger partial charge in [-0.15, -0.1) is 0 Å². The van der Waals surface area contributed by atoms with E-state index >= 15 is 0 Å². The molecule has 1 aliphatic carbocycles. The molecule has 1 fully saturated rings. The van der Waals surface area contributed by atoms with Gasteiger partial charge in [0.15, 0.2) is 17.6 Å². The van der Waals surface area contributed by atoms with Crippen LogP contribution in [-0.2, 0) is 9.59 Å². The monoisotopic (exact) mass is 477 g/mol. The maximum atomic E-state index is 13.6. The standard InChI is InChI=1S/C26H27N3O6/c1-17(30)18-7-4-10-20(15-18)29(23(31)16-27-25(32)22-12-6-14-35-22)24(21-11-5-13-34-21)26(33)28-19-8-2-3-9-19/h4-7,10-15,19,24H,2-3,8-9,16H2,1H3,(H,27,32)(H,28,33)/t24-/m1/s1. The molecule has 182 valence electrons. The number of nitrogens with one attached hydrogen (secondary N) is 2. The number of nitrogens with zero attached hydrogens (tertiary/aromatic N) is 1. The van der Waals surface area contributed by atoms with Crippen molar-refractivity contribution >= 4 is 29.2 Å². The van der Waals surface area contributed by atoms with Gasteiger partial charge in [-0.05, 0) is 56.2 Å². The number of amides is 3. The lowest BCUT2D eigenvalue weighted by molar-refractivity contribution is -0.127. The van der Waals surface area contributed by atoms with Gasteiger partial charge in [0.2, 0.25) is 5.91 Å². The number of furan rings is 2. The smallest absolute Gasteiger partial charge is 0.287 e. The highest BCUT2D eigenvalue weighted by molar-refractivity contribution is 6.05. The van der Waals surface area contributed by atoms with E-state index in [0.717, 1.165) is 25.7 Å². The second-order valence-corrected chi connectivity index (χ2v) is 8.44. The van der Waals surface area contributed by atoms with Crippen molar-refractivity contribution in [1.29, 1.82) is 0 Å². The van der Waals surface area contributed by atoms with Crippen molar-refractivity contribution in [3.8, 4) is 0 Å². The fraction of sp³-hybridized carbons (Fsp3) is 0.308. The molecule has 1 atom stereocenters. The van der Waals surface area contributed by atoms with Gasteiger partial charge in [-0.3, -0.25) is 24.1 Å². The molecular weight excluding hydrogens is 450 g/mol. The summed E-state index contributed by atoms with van der Waals surface area (Å²) in [5.41, 5.74) is 0.715. The number of rotatable bonds is 9. The van der Waals surface area contributed by atoms with Gasteiger partial charge in [0.1, 0.15) is 5.76 Å². The molecule has 2 N–H and O–H groups in total. The van der Waals surface area contributed by atoms with Crippen molar-refractivity contribution in [2.24, 2.45) is 0 Å². The predicted molar refractivity (Wildman–Crippen MR) is 127 cm³/mol. The first-order chi connectivity index (χ1) is 16.9. The Balaban J connectivity index is 1.68. The van der Waals surface area contributed by atoms with E-state index in [4.69, 9.17) is 8.83 Å². The van der Waals surface area contributed by atoms with Crippen LogP contribution >= 0.6 is 0 Å². The van der Waals surface area contributed by atoms with Crippen molar-refractivity contribution in [2.45, 2.75) is 44.7 Å². The van der Waals surface area contributed by atoms with Gasteiger partial charge in [-0.1, -0.05) is 25.0 Å². The van der Waals surface area contributed by atoms with E-state index in [9.17, 15) is 19.2 Å². The molecule has 3 aromatic rings. The second kappa shape index (κ2) is 10.9. The van der Waals surface area contributed by atoms with Crippen LogP contribution in [0.1, 0.15) is 65.3 Å². The zero-order chi connectivity index (χ0) is 24.8. The van der Waals surface area contributed by atoms with E-state index in [0.29, 0.717) is 11.3 Å². The van der Waals surface area contributed by atoms with Gasteiger partial charge in [-0.25, -0.2) is 0 Å². The van der Waals surface area contributed by atoms with Gasteiger partial charge >= 0.3 is 0 Å². The summed E-state index contributed by atoms with van der Waals surface area (Å²) in [6, 6.07) is 11.6. The van der Waals surface area contributed by atoms with Crippen LogP contribution in [0, 0.1) is 0 Å². The SMILES string of the molecule is CC(=O)c1cccc(N(C(=O)CNC(=O)c2ccco2)[C@@H](C(=O)NC2CCCC2)c2ccco2)c1. The predicted octanol–water partition coefficient (Wildman–Crippen LogP) is 3.64. The molecule has 1 aromatic carbocycles. The largest absolute Gasteiger partial charge is 0.467 e. The van der Waals surface area contributed by atoms with Gasteiger partial charge in [0, 0.05) is 17.3 Å². The van der Waals surface area contributed by atoms with E-state index in [1.54, 1.807) is 42.5 Å². The average Bonchev–Trinajstić information content (AvgIpc) is 3.64. The van der Waals surface area contributed by atoms with Crippen LogP contribution in [0.3, 0.4) is 0 Å². The van der Waals surface area contributed by atoms with Gasteiger partial charge < -0.3 is 19.5 Å². The lowest BCUT2D eigenvalue weighted by Crippen LogP contribution is -2.49. The number of carbonyl (C=O) groups excluding carboxylic acids is 4. The van der Waals surface area contributed by atoms with E-state index < -0.39 is 30.3 Å². The highest BCUT2D eigenvalue weighted by Crippen LogP contribution is 2.30. The molecule has 0 saturated heterocycles. The molecule has 0 spiro atoms. The minimum Gasteiger partial charge on any atom is -0.467 e. The number of ketones is 1. The first-order valence-corrected chi connectivity index (χ1v) is 11.5. The van der Waals surface area contributed by atoms with Crippen LogP contribution in [0.5, 0.6) is 0 Å². The molecule has 0 bridgehead atoms. The third-order valence-corrected chi connectivity index (χ3v) is 5.97. The Labute approximate surface area is 202 Å². The molecule has 9 heteroatoms. The highest BCUT2D eigenvalue weighted by Gasteiger charge is 2.36. The summed E-state index contributed by atoms with van der Waals surface area (Å²) in [4.78, 5) is 52.7. The van der Waals surface area contributed by atoms with Crippen molar-refractivity contribution in [3.05, 3.63) is 78.1 Å². The summed E-state index contributed by atoms with van der Waals surface area (Å²) in [6.45, 7) is 1.02. The van der Waals surface area contributed by atoms with Crippen LogP contribution in [0.25, 0.3) is 0 Å². The lowest BCUT2D eigenvalue weighted by Gasteiger charge is -2.31. The zero-order valence-electron chi connectivity index (χ0n) is 19.4. The first kappa shape index (κ1) is 24.0. The number of anilines is 1. The summed E-state index contributed by atoms with van der Waals surface area (Å²) in [7, 11) is 0. The molecule has 4 rings (SSSR count). The Hall–Kier alpha value is -4.14. The number of benzene rings is 1. The molecule has 0 radical (unpaired) electrons. The third-order valence-electron chi connectivity index (χ3n) is 5.97. The van der Waals surface area contributed by atoms with Crippen LogP contribution in [0.4, 0.5) is 5.69 Å². The fourth-order valence-corrected chi connectivity index (χ4v) is 4.22. The second-order valence-electron chi connectivity index (χ2n) is 8.44. The van der Waals surface area contributed by atoms with E-state index in [-0.39, 0.29) is 23.3 Å². The molecule has 2 aromatic heterocycles. The minimum absolute atomic E-state index is 0.0131. The molecule has 1 aliphatic rings. The molecule has 3 amide bonds. The average molecular weight is 478 g/mol. The quantitative estimate of drug-likeness (QED) is 0.454. The Bertz CT molecular complexity index is 1180. The number of hydrogen-bond acceptors (Lipinski definition) is 6. The summed E-state index contributed by atoms with van der Waals surface area (Å²) in [5.74, 6) is -1.38. The minimum atomic E-state index is -1.14. The van der Waals surface area contributed by atoms with Crippen molar-refractivity contribution in [3.63, 3.8) is 0 Å². The maximum absolute atomic E-state index is 13.6. The Morgan fingerprint density at radius 3 is 2.40 bits per heavy atom. The summed E-state index contributed by atoms with van der Waals surface area (Å²) in [5, 5.41) is 5.57. The van der Waals surface area contributed by atoms with Crippen molar-refractivity contribution in [2.75, 3.05) is 11.4 Å². The Kier molecular flexibility index (Phi) is 7.45. The number of Topliss-reactive ketones (excluding diaryl/α,β-unsaturated/α-hetero) is 1. The van der Waals surface area contributed by atoms with Crippen LogP contribution in [-0.4, -0.2) is 36.1 Å². The van der Waals surface area contributed by atoms with Gasteiger partial charge in [-0.2, -0.15) is 0 Å². The summed E-state index contributed by atoms with van der Waals surface area (Å²) in [6.07, 6.45) is 6.57. The van der Waals surface area contributed by atoms with Gasteiger partial charge in [0.25, 0.3) is 11.8 Å². The van der Waals surface area contributed by atoms with Crippen LogP contribution in [0.2, 0.25) is 0 Å². The number of carbonyl (C=O) groups is 4. The number of hydrogen-bond donors (Lipinski definition) is 2. The Morgan fingerprint density at radius 1 is 1.00 bits per heavy atom. The van der Waals surface area contributed by atoms with Crippen molar-refractivity contribution in [1.82, 2.24) is 10.6 Å².